The van der Waals surface area contributed by atoms with E-state index in [1.165, 1.54) is 19.3 Å². The molecule has 0 unspecified atom stereocenters. The zero-order valence-corrected chi connectivity index (χ0v) is 13.8. The van der Waals surface area contributed by atoms with Gasteiger partial charge in [0.2, 0.25) is 0 Å². The predicted molar refractivity (Wildman–Crippen MR) is 82.5 cm³/mol. The third kappa shape index (κ3) is 3.98. The van der Waals surface area contributed by atoms with E-state index < -0.39 is 0 Å². The number of nitrogens with zero attached hydrogens (tertiary/aromatic N) is 3. The molecule has 1 saturated carbocycles. The summed E-state index contributed by atoms with van der Waals surface area (Å²) in [4.78, 5) is 13.9. The number of amides is 2. The van der Waals surface area contributed by atoms with Gasteiger partial charge in [-0.25, -0.2) is 4.79 Å². The molecule has 0 radical (unpaired) electrons. The van der Waals surface area contributed by atoms with Gasteiger partial charge >= 0.3 is 6.03 Å². The van der Waals surface area contributed by atoms with Crippen LogP contribution in [-0.4, -0.2) is 33.8 Å². The molecule has 1 fully saturated rings. The smallest absolute Gasteiger partial charge is 0.317 e. The molecule has 0 atom stereocenters. The van der Waals surface area contributed by atoms with Crippen molar-refractivity contribution in [3.8, 4) is 0 Å². The Balaban J connectivity index is 1.87. The zero-order valence-electron chi connectivity index (χ0n) is 12.2. The second-order valence-electron chi connectivity index (χ2n) is 5.42. The molecular formula is C14H23BrN4O. The fourth-order valence-electron chi connectivity index (χ4n) is 2.53. The highest BCUT2D eigenvalue weighted by Crippen LogP contribution is 2.19. The summed E-state index contributed by atoms with van der Waals surface area (Å²) < 4.78 is 2.82. The third-order valence-electron chi connectivity index (χ3n) is 3.78. The summed E-state index contributed by atoms with van der Waals surface area (Å²) in [7, 11) is 1.82. The van der Waals surface area contributed by atoms with Gasteiger partial charge in [0.1, 0.15) is 0 Å². The van der Waals surface area contributed by atoms with E-state index >= 15 is 0 Å². The number of carbonyl (C=O) groups is 1. The first kappa shape index (κ1) is 15.4. The van der Waals surface area contributed by atoms with Crippen LogP contribution < -0.4 is 5.32 Å². The van der Waals surface area contributed by atoms with Gasteiger partial charge in [-0.2, -0.15) is 5.10 Å². The lowest BCUT2D eigenvalue weighted by Gasteiger charge is -2.26. The average Bonchev–Trinajstić information content (AvgIpc) is 2.80. The Kier molecular flexibility index (Phi) is 5.46. The summed E-state index contributed by atoms with van der Waals surface area (Å²) in [6.07, 6.45) is 7.90. The first-order valence-electron chi connectivity index (χ1n) is 7.33. The van der Waals surface area contributed by atoms with E-state index in [0.29, 0.717) is 12.6 Å². The molecule has 6 heteroatoms. The van der Waals surface area contributed by atoms with Crippen molar-refractivity contribution in [2.75, 3.05) is 7.05 Å². The molecule has 2 amide bonds. The summed E-state index contributed by atoms with van der Waals surface area (Å²) in [5.41, 5.74) is 0.896. The SMILES string of the molecule is CCn1cc(Br)c(CN(C)C(=O)NC2CCCCC2)n1. The van der Waals surface area contributed by atoms with Gasteiger partial charge < -0.3 is 10.2 Å². The van der Waals surface area contributed by atoms with Gasteiger partial charge in [0.05, 0.1) is 16.7 Å². The van der Waals surface area contributed by atoms with Crippen LogP contribution in [0.4, 0.5) is 4.79 Å². The molecule has 0 spiro atoms. The summed E-state index contributed by atoms with van der Waals surface area (Å²) in [6.45, 7) is 3.39. The van der Waals surface area contributed by atoms with Crippen LogP contribution in [0.2, 0.25) is 0 Å². The lowest BCUT2D eigenvalue weighted by molar-refractivity contribution is 0.198. The maximum absolute atomic E-state index is 12.2. The second kappa shape index (κ2) is 7.11. The molecule has 112 valence electrons. The van der Waals surface area contributed by atoms with Crippen molar-refractivity contribution in [3.63, 3.8) is 0 Å². The van der Waals surface area contributed by atoms with Crippen molar-refractivity contribution >= 4 is 22.0 Å². The summed E-state index contributed by atoms with van der Waals surface area (Å²) >= 11 is 3.49. The number of aromatic nitrogens is 2. The largest absolute Gasteiger partial charge is 0.335 e. The highest BCUT2D eigenvalue weighted by Gasteiger charge is 2.19. The minimum atomic E-state index is -0.00477. The maximum Gasteiger partial charge on any atom is 0.317 e. The normalized spacial score (nSPS) is 16.1. The Morgan fingerprint density at radius 3 is 2.80 bits per heavy atom. The Bertz CT molecular complexity index is 454. The van der Waals surface area contributed by atoms with Crippen molar-refractivity contribution in [2.24, 2.45) is 0 Å². The van der Waals surface area contributed by atoms with Gasteiger partial charge in [0, 0.05) is 25.8 Å². The van der Waals surface area contributed by atoms with Crippen molar-refractivity contribution < 1.29 is 4.79 Å². The summed E-state index contributed by atoms with van der Waals surface area (Å²) in [5, 5.41) is 7.56. The highest BCUT2D eigenvalue weighted by atomic mass is 79.9. The molecule has 1 aliphatic rings. The first-order valence-corrected chi connectivity index (χ1v) is 8.13. The number of hydrogen-bond donors (Lipinski definition) is 1. The second-order valence-corrected chi connectivity index (χ2v) is 6.27. The van der Waals surface area contributed by atoms with Crippen molar-refractivity contribution in [2.45, 2.75) is 58.2 Å². The lowest BCUT2D eigenvalue weighted by atomic mass is 9.96. The number of carbonyl (C=O) groups excluding carboxylic acids is 1. The third-order valence-corrected chi connectivity index (χ3v) is 4.44. The van der Waals surface area contributed by atoms with E-state index in [-0.39, 0.29) is 6.03 Å². The maximum atomic E-state index is 12.2. The number of urea groups is 1. The molecule has 1 aromatic heterocycles. The van der Waals surface area contributed by atoms with Crippen LogP contribution in [0.1, 0.15) is 44.7 Å². The van der Waals surface area contributed by atoms with Gasteiger partial charge in [0.15, 0.2) is 0 Å². The van der Waals surface area contributed by atoms with Crippen LogP contribution in [0.3, 0.4) is 0 Å². The molecule has 0 bridgehead atoms. The lowest BCUT2D eigenvalue weighted by Crippen LogP contribution is -2.43. The average molecular weight is 343 g/mol. The quantitative estimate of drug-likeness (QED) is 0.913. The van der Waals surface area contributed by atoms with E-state index in [1.807, 2.05) is 24.9 Å². The molecule has 2 rings (SSSR count). The minimum absolute atomic E-state index is 0.00477. The van der Waals surface area contributed by atoms with Crippen LogP contribution >= 0.6 is 15.9 Å². The molecular weight excluding hydrogens is 320 g/mol. The van der Waals surface area contributed by atoms with E-state index in [4.69, 9.17) is 0 Å². The molecule has 1 N–H and O–H groups in total. The monoisotopic (exact) mass is 342 g/mol. The van der Waals surface area contributed by atoms with Crippen LogP contribution in [0.5, 0.6) is 0 Å². The van der Waals surface area contributed by atoms with Crippen LogP contribution in [0.25, 0.3) is 0 Å². The van der Waals surface area contributed by atoms with Gasteiger partial charge in [-0.3, -0.25) is 4.68 Å². The fourth-order valence-corrected chi connectivity index (χ4v) is 2.98. The fraction of sp³-hybridized carbons (Fsp3) is 0.714. The van der Waals surface area contributed by atoms with E-state index in [1.54, 1.807) is 4.90 Å². The molecule has 1 aliphatic carbocycles. The van der Waals surface area contributed by atoms with E-state index in [0.717, 1.165) is 29.6 Å². The number of hydrogen-bond acceptors (Lipinski definition) is 2. The van der Waals surface area contributed by atoms with Crippen LogP contribution in [0.15, 0.2) is 10.7 Å². The van der Waals surface area contributed by atoms with E-state index in [9.17, 15) is 4.79 Å². The topological polar surface area (TPSA) is 50.2 Å². The Labute approximate surface area is 128 Å². The summed E-state index contributed by atoms with van der Waals surface area (Å²) in [6, 6.07) is 0.338. The van der Waals surface area contributed by atoms with Crippen molar-refractivity contribution in [3.05, 3.63) is 16.4 Å². The number of nitrogens with one attached hydrogen (secondary N) is 1. The van der Waals surface area contributed by atoms with E-state index in [2.05, 4.69) is 26.3 Å². The molecule has 20 heavy (non-hydrogen) atoms. The number of aryl methyl sites for hydroxylation is 1. The van der Waals surface area contributed by atoms with Crippen molar-refractivity contribution in [1.29, 1.82) is 0 Å². The molecule has 1 heterocycles. The number of halogens is 1. The van der Waals surface area contributed by atoms with Crippen molar-refractivity contribution in [1.82, 2.24) is 20.0 Å². The van der Waals surface area contributed by atoms with Crippen LogP contribution in [0, 0.1) is 0 Å². The minimum Gasteiger partial charge on any atom is -0.335 e. The molecule has 1 aromatic rings. The Hall–Kier alpha value is -1.04. The molecule has 0 aliphatic heterocycles. The predicted octanol–water partition coefficient (Wildman–Crippen LogP) is 3.14. The highest BCUT2D eigenvalue weighted by molar-refractivity contribution is 9.10. The van der Waals surface area contributed by atoms with Gasteiger partial charge in [0.25, 0.3) is 0 Å². The molecule has 0 aromatic carbocycles. The number of rotatable bonds is 4. The molecule has 0 saturated heterocycles. The standard InChI is InChI=1S/C14H23BrN4O/c1-3-19-9-12(15)13(17-19)10-18(2)14(20)16-11-7-5-4-6-8-11/h9,11H,3-8,10H2,1-2H3,(H,16,20). The zero-order chi connectivity index (χ0) is 14.5. The van der Waals surface area contributed by atoms with Gasteiger partial charge in [-0.15, -0.1) is 0 Å². The Morgan fingerprint density at radius 2 is 2.20 bits per heavy atom. The van der Waals surface area contributed by atoms with Crippen LogP contribution in [-0.2, 0) is 13.1 Å². The van der Waals surface area contributed by atoms with Gasteiger partial charge in [-0.1, -0.05) is 19.3 Å². The molecule has 5 nitrogen and oxygen atoms in total. The first-order chi connectivity index (χ1) is 9.60. The van der Waals surface area contributed by atoms with Gasteiger partial charge in [-0.05, 0) is 35.7 Å². The summed E-state index contributed by atoms with van der Waals surface area (Å²) in [5.74, 6) is 0. The Morgan fingerprint density at radius 1 is 1.50 bits per heavy atom.